The van der Waals surface area contributed by atoms with Crippen molar-refractivity contribution >= 4 is 44.0 Å². The molecule has 0 N–H and O–H groups in total. The average Bonchev–Trinajstić information content (AvgIpc) is 2.78. The molecule has 0 amide bonds. The Bertz CT molecular complexity index is 1260. The number of esters is 1. The Hall–Kier alpha value is -2.64. The van der Waals surface area contributed by atoms with Crippen LogP contribution in [0.1, 0.15) is 25.3 Å². The molecular formula is C24H25ClN2O4S. The fraction of sp³-hybridized carbons (Fsp3) is 0.333. The second kappa shape index (κ2) is 9.08. The summed E-state index contributed by atoms with van der Waals surface area (Å²) in [7, 11) is -3.87. The molecule has 168 valence electrons. The van der Waals surface area contributed by atoms with Crippen molar-refractivity contribution in [2.24, 2.45) is 5.92 Å². The van der Waals surface area contributed by atoms with E-state index in [1.165, 1.54) is 18.3 Å². The van der Waals surface area contributed by atoms with Crippen LogP contribution >= 0.6 is 11.6 Å². The normalized spacial score (nSPS) is 16.8. The van der Waals surface area contributed by atoms with E-state index in [0.717, 1.165) is 23.8 Å². The first kappa shape index (κ1) is 22.6. The summed E-state index contributed by atoms with van der Waals surface area (Å²) in [5.41, 5.74) is 2.29. The van der Waals surface area contributed by atoms with E-state index in [0.29, 0.717) is 35.9 Å². The van der Waals surface area contributed by atoms with Gasteiger partial charge in [0.2, 0.25) is 9.84 Å². The number of ether oxygens (including phenoxy) is 1. The molecule has 1 aliphatic rings. The van der Waals surface area contributed by atoms with Crippen molar-refractivity contribution in [3.63, 3.8) is 0 Å². The minimum atomic E-state index is -3.87. The van der Waals surface area contributed by atoms with E-state index in [-0.39, 0.29) is 21.7 Å². The number of piperidine rings is 1. The van der Waals surface area contributed by atoms with Crippen LogP contribution in [0, 0.1) is 12.8 Å². The molecule has 4 rings (SSSR count). The summed E-state index contributed by atoms with van der Waals surface area (Å²) in [5, 5.41) is 1.22. The summed E-state index contributed by atoms with van der Waals surface area (Å²) in [6.45, 7) is 5.11. The lowest BCUT2D eigenvalue weighted by Crippen LogP contribution is -2.40. The van der Waals surface area contributed by atoms with Crippen molar-refractivity contribution in [3.8, 4) is 0 Å². The van der Waals surface area contributed by atoms with E-state index >= 15 is 0 Å². The maximum absolute atomic E-state index is 13.7. The predicted molar refractivity (Wildman–Crippen MR) is 125 cm³/mol. The van der Waals surface area contributed by atoms with Gasteiger partial charge in [0.15, 0.2) is 0 Å². The number of nitrogens with zero attached hydrogens (tertiary/aromatic N) is 2. The molecule has 0 unspecified atom stereocenters. The van der Waals surface area contributed by atoms with Crippen LogP contribution in [-0.4, -0.2) is 39.1 Å². The van der Waals surface area contributed by atoms with Crippen molar-refractivity contribution in [1.29, 1.82) is 0 Å². The first-order valence-corrected chi connectivity index (χ1v) is 12.5. The fourth-order valence-electron chi connectivity index (χ4n) is 4.17. The SMILES string of the molecule is CCOC(=O)[C@@H]1CCCN(c2c(S(=O)(=O)c3ccc(Cl)cc3)cnc3ccc(C)cc23)C1. The van der Waals surface area contributed by atoms with Crippen LogP contribution in [0.4, 0.5) is 5.69 Å². The van der Waals surface area contributed by atoms with E-state index in [4.69, 9.17) is 16.3 Å². The number of hydrogen-bond donors (Lipinski definition) is 0. The lowest BCUT2D eigenvalue weighted by Gasteiger charge is -2.35. The topological polar surface area (TPSA) is 76.6 Å². The molecule has 1 aromatic heterocycles. The number of pyridine rings is 1. The Morgan fingerprint density at radius 2 is 1.97 bits per heavy atom. The predicted octanol–water partition coefficient (Wildman–Crippen LogP) is 4.81. The van der Waals surface area contributed by atoms with Crippen molar-refractivity contribution in [2.75, 3.05) is 24.6 Å². The lowest BCUT2D eigenvalue weighted by atomic mass is 9.97. The average molecular weight is 473 g/mol. The molecule has 2 aromatic carbocycles. The first-order valence-electron chi connectivity index (χ1n) is 10.6. The van der Waals surface area contributed by atoms with Gasteiger partial charge in [-0.3, -0.25) is 9.78 Å². The molecule has 0 bridgehead atoms. The molecule has 8 heteroatoms. The van der Waals surface area contributed by atoms with Crippen LogP contribution in [0.25, 0.3) is 10.9 Å². The number of anilines is 1. The molecular weight excluding hydrogens is 448 g/mol. The fourth-order valence-corrected chi connectivity index (χ4v) is 5.73. The maximum atomic E-state index is 13.7. The van der Waals surface area contributed by atoms with E-state index < -0.39 is 9.84 Å². The Kier molecular flexibility index (Phi) is 6.40. The number of rotatable bonds is 5. The summed E-state index contributed by atoms with van der Waals surface area (Å²) in [5.74, 6) is -0.545. The zero-order valence-electron chi connectivity index (χ0n) is 18.0. The van der Waals surface area contributed by atoms with Crippen LogP contribution < -0.4 is 4.90 Å². The number of carbonyl (C=O) groups is 1. The molecule has 0 saturated carbocycles. The van der Waals surface area contributed by atoms with Crippen LogP contribution in [0.2, 0.25) is 5.02 Å². The minimum Gasteiger partial charge on any atom is -0.466 e. The third-order valence-electron chi connectivity index (χ3n) is 5.73. The molecule has 32 heavy (non-hydrogen) atoms. The Labute approximate surface area is 193 Å². The zero-order chi connectivity index (χ0) is 22.9. The number of aromatic nitrogens is 1. The van der Waals surface area contributed by atoms with Gasteiger partial charge in [0.1, 0.15) is 4.90 Å². The minimum absolute atomic E-state index is 0.127. The molecule has 1 atom stereocenters. The van der Waals surface area contributed by atoms with Gasteiger partial charge < -0.3 is 9.64 Å². The molecule has 3 aromatic rings. The molecule has 0 spiro atoms. The molecule has 0 radical (unpaired) electrons. The van der Waals surface area contributed by atoms with E-state index in [1.54, 1.807) is 19.1 Å². The van der Waals surface area contributed by atoms with Crippen LogP contribution in [0.15, 0.2) is 58.5 Å². The van der Waals surface area contributed by atoms with Gasteiger partial charge in [-0.2, -0.15) is 0 Å². The molecule has 0 aliphatic carbocycles. The number of fused-ring (bicyclic) bond motifs is 1. The first-order chi connectivity index (χ1) is 15.3. The number of carbonyl (C=O) groups excluding carboxylic acids is 1. The van der Waals surface area contributed by atoms with Gasteiger partial charge in [-0.15, -0.1) is 0 Å². The second-order valence-corrected chi connectivity index (χ2v) is 10.3. The molecule has 2 heterocycles. The molecule has 1 saturated heterocycles. The van der Waals surface area contributed by atoms with Gasteiger partial charge in [0, 0.05) is 29.7 Å². The van der Waals surface area contributed by atoms with Gasteiger partial charge in [0.05, 0.1) is 28.6 Å². The summed E-state index contributed by atoms with van der Waals surface area (Å²) in [4.78, 5) is 19.2. The molecule has 6 nitrogen and oxygen atoms in total. The monoisotopic (exact) mass is 472 g/mol. The molecule has 1 aliphatic heterocycles. The highest BCUT2D eigenvalue weighted by molar-refractivity contribution is 7.91. The number of halogens is 1. The van der Waals surface area contributed by atoms with Crippen LogP contribution in [0.5, 0.6) is 0 Å². The van der Waals surface area contributed by atoms with Crippen molar-refractivity contribution in [3.05, 3.63) is 59.2 Å². The van der Waals surface area contributed by atoms with Gasteiger partial charge in [-0.25, -0.2) is 8.42 Å². The third kappa shape index (κ3) is 4.32. The Balaban J connectivity index is 1.88. The van der Waals surface area contributed by atoms with Gasteiger partial charge in [0.25, 0.3) is 0 Å². The zero-order valence-corrected chi connectivity index (χ0v) is 19.6. The quantitative estimate of drug-likeness (QED) is 0.496. The number of hydrogen-bond acceptors (Lipinski definition) is 6. The largest absolute Gasteiger partial charge is 0.466 e. The van der Waals surface area contributed by atoms with Gasteiger partial charge >= 0.3 is 5.97 Å². The molecule has 1 fully saturated rings. The van der Waals surface area contributed by atoms with E-state index in [9.17, 15) is 13.2 Å². The van der Waals surface area contributed by atoms with Crippen LogP contribution in [0.3, 0.4) is 0 Å². The summed E-state index contributed by atoms with van der Waals surface area (Å²) >= 11 is 5.97. The highest BCUT2D eigenvalue weighted by atomic mass is 35.5. The lowest BCUT2D eigenvalue weighted by molar-refractivity contribution is -0.148. The highest BCUT2D eigenvalue weighted by Crippen LogP contribution is 2.38. The van der Waals surface area contributed by atoms with E-state index in [1.807, 2.05) is 30.0 Å². The van der Waals surface area contributed by atoms with Crippen molar-refractivity contribution in [2.45, 2.75) is 36.5 Å². The van der Waals surface area contributed by atoms with E-state index in [2.05, 4.69) is 4.98 Å². The Morgan fingerprint density at radius 3 is 2.69 bits per heavy atom. The maximum Gasteiger partial charge on any atom is 0.310 e. The van der Waals surface area contributed by atoms with Gasteiger partial charge in [-0.1, -0.05) is 23.2 Å². The third-order valence-corrected chi connectivity index (χ3v) is 7.75. The number of sulfone groups is 1. The smallest absolute Gasteiger partial charge is 0.310 e. The van der Waals surface area contributed by atoms with Crippen LogP contribution in [-0.2, 0) is 19.4 Å². The number of benzene rings is 2. The van der Waals surface area contributed by atoms with Crippen molar-refractivity contribution in [1.82, 2.24) is 4.98 Å². The van der Waals surface area contributed by atoms with Crippen molar-refractivity contribution < 1.29 is 17.9 Å². The Morgan fingerprint density at radius 1 is 1.22 bits per heavy atom. The summed E-state index contributed by atoms with van der Waals surface area (Å²) < 4.78 is 32.5. The number of aryl methyl sites for hydroxylation is 1. The summed E-state index contributed by atoms with van der Waals surface area (Å²) in [6.07, 6.45) is 2.90. The standard InChI is InChI=1S/C24H25ClN2O4S/c1-3-31-24(28)17-5-4-12-27(15-17)23-20-13-16(2)6-11-21(20)26-14-22(23)32(29,30)19-9-7-18(25)8-10-19/h6-11,13-14,17H,3-5,12,15H2,1-2H3/t17-/m1/s1. The van der Waals surface area contributed by atoms with Gasteiger partial charge in [-0.05, 0) is 63.1 Å². The summed E-state index contributed by atoms with van der Waals surface area (Å²) in [6, 6.07) is 11.9. The highest BCUT2D eigenvalue weighted by Gasteiger charge is 2.32. The second-order valence-electron chi connectivity index (χ2n) is 7.99.